The first kappa shape index (κ1) is 17.8. The van der Waals surface area contributed by atoms with Gasteiger partial charge in [-0.1, -0.05) is 0 Å². The predicted octanol–water partition coefficient (Wildman–Crippen LogP) is 2.65. The van der Waals surface area contributed by atoms with E-state index in [4.69, 9.17) is 0 Å². The zero-order chi connectivity index (χ0) is 13.1. The highest BCUT2D eigenvalue weighted by Gasteiger charge is 2.17. The van der Waals surface area contributed by atoms with E-state index in [1.807, 2.05) is 24.7 Å². The third-order valence-electron chi connectivity index (χ3n) is 3.49. The SMILES string of the molecule is Cl.Cl.Fc1ccc(N2CCN(Cn3ccnc3)CC2)cc1. The van der Waals surface area contributed by atoms with Crippen LogP contribution in [0.2, 0.25) is 0 Å². The summed E-state index contributed by atoms with van der Waals surface area (Å²) in [6, 6.07) is 6.74. The molecule has 1 fully saturated rings. The first-order valence-corrected chi connectivity index (χ1v) is 6.50. The lowest BCUT2D eigenvalue weighted by Crippen LogP contribution is -2.46. The van der Waals surface area contributed by atoms with Gasteiger partial charge in [0.1, 0.15) is 5.82 Å². The fourth-order valence-corrected chi connectivity index (χ4v) is 2.40. The van der Waals surface area contributed by atoms with Crippen LogP contribution in [-0.4, -0.2) is 40.6 Å². The molecule has 116 valence electrons. The minimum Gasteiger partial charge on any atom is -0.369 e. The van der Waals surface area contributed by atoms with E-state index in [0.717, 1.165) is 38.5 Å². The van der Waals surface area contributed by atoms with Crippen LogP contribution < -0.4 is 4.90 Å². The van der Waals surface area contributed by atoms with Crippen molar-refractivity contribution in [3.63, 3.8) is 0 Å². The van der Waals surface area contributed by atoms with Crippen molar-refractivity contribution >= 4 is 30.5 Å². The molecule has 1 aliphatic rings. The number of hydrogen-bond acceptors (Lipinski definition) is 3. The summed E-state index contributed by atoms with van der Waals surface area (Å²) in [5, 5.41) is 0. The highest BCUT2D eigenvalue weighted by atomic mass is 35.5. The minimum absolute atomic E-state index is 0. The molecule has 4 nitrogen and oxygen atoms in total. The number of benzene rings is 1. The molecule has 3 rings (SSSR count). The number of nitrogens with zero attached hydrogens (tertiary/aromatic N) is 4. The van der Waals surface area contributed by atoms with Gasteiger partial charge in [0.15, 0.2) is 0 Å². The third-order valence-corrected chi connectivity index (χ3v) is 3.49. The van der Waals surface area contributed by atoms with Crippen molar-refractivity contribution in [3.8, 4) is 0 Å². The number of imidazole rings is 1. The maximum Gasteiger partial charge on any atom is 0.123 e. The average Bonchev–Trinajstić information content (AvgIpc) is 2.94. The molecule has 0 atom stereocenters. The summed E-state index contributed by atoms with van der Waals surface area (Å²) in [4.78, 5) is 8.73. The zero-order valence-electron chi connectivity index (χ0n) is 11.6. The Labute approximate surface area is 136 Å². The van der Waals surface area contributed by atoms with E-state index in [1.54, 1.807) is 6.20 Å². The molecular weight excluding hydrogens is 314 g/mol. The zero-order valence-corrected chi connectivity index (χ0v) is 13.2. The summed E-state index contributed by atoms with van der Waals surface area (Å²) in [6.45, 7) is 4.85. The molecule has 0 bridgehead atoms. The molecular formula is C14H19Cl2FN4. The number of aromatic nitrogens is 2. The molecule has 7 heteroatoms. The maximum atomic E-state index is 12.9. The molecule has 0 spiro atoms. The van der Waals surface area contributed by atoms with Crippen LogP contribution in [0.3, 0.4) is 0 Å². The summed E-state index contributed by atoms with van der Waals surface area (Å²) in [6.07, 6.45) is 5.62. The summed E-state index contributed by atoms with van der Waals surface area (Å²) in [7, 11) is 0. The molecule has 21 heavy (non-hydrogen) atoms. The van der Waals surface area contributed by atoms with Crippen LogP contribution >= 0.6 is 24.8 Å². The fourth-order valence-electron chi connectivity index (χ4n) is 2.40. The Kier molecular flexibility index (Phi) is 6.95. The molecule has 1 saturated heterocycles. The Balaban J connectivity index is 0.00000110. The molecule has 1 aliphatic heterocycles. The fraction of sp³-hybridized carbons (Fsp3) is 0.357. The Morgan fingerprint density at radius 3 is 2.24 bits per heavy atom. The number of rotatable bonds is 3. The Hall–Kier alpha value is -1.30. The number of hydrogen-bond donors (Lipinski definition) is 0. The largest absolute Gasteiger partial charge is 0.369 e. The van der Waals surface area contributed by atoms with Gasteiger partial charge < -0.3 is 9.47 Å². The van der Waals surface area contributed by atoms with Gasteiger partial charge in [-0.3, -0.25) is 4.90 Å². The van der Waals surface area contributed by atoms with Crippen molar-refractivity contribution in [1.29, 1.82) is 0 Å². The standard InChI is InChI=1S/C14H17FN4.2ClH/c15-13-1-3-14(4-2-13)19-9-7-17(8-10-19)12-18-6-5-16-11-18;;/h1-6,11H,7-10,12H2;2*1H. The Morgan fingerprint density at radius 1 is 1.00 bits per heavy atom. The third kappa shape index (κ3) is 4.59. The van der Waals surface area contributed by atoms with E-state index in [1.165, 1.54) is 12.1 Å². The first-order chi connectivity index (χ1) is 9.31. The van der Waals surface area contributed by atoms with Gasteiger partial charge in [0.25, 0.3) is 0 Å². The molecule has 2 aromatic rings. The summed E-state index contributed by atoms with van der Waals surface area (Å²) >= 11 is 0. The lowest BCUT2D eigenvalue weighted by Gasteiger charge is -2.36. The van der Waals surface area contributed by atoms with Gasteiger partial charge in [0.2, 0.25) is 0 Å². The van der Waals surface area contributed by atoms with E-state index in [2.05, 4.69) is 19.4 Å². The number of anilines is 1. The maximum absolute atomic E-state index is 12.9. The van der Waals surface area contributed by atoms with Gasteiger partial charge >= 0.3 is 0 Å². The van der Waals surface area contributed by atoms with E-state index in [9.17, 15) is 4.39 Å². The average molecular weight is 333 g/mol. The second kappa shape index (κ2) is 8.22. The minimum atomic E-state index is -0.178. The van der Waals surface area contributed by atoms with Crippen molar-refractivity contribution in [1.82, 2.24) is 14.5 Å². The van der Waals surface area contributed by atoms with Crippen LogP contribution in [0.4, 0.5) is 10.1 Å². The molecule has 1 aromatic heterocycles. The molecule has 0 aliphatic carbocycles. The lowest BCUT2D eigenvalue weighted by molar-refractivity contribution is 0.206. The van der Waals surface area contributed by atoms with Crippen molar-refractivity contribution < 1.29 is 4.39 Å². The first-order valence-electron chi connectivity index (χ1n) is 6.50. The van der Waals surface area contributed by atoms with E-state index >= 15 is 0 Å². The highest BCUT2D eigenvalue weighted by Crippen LogP contribution is 2.17. The van der Waals surface area contributed by atoms with Crippen molar-refractivity contribution in [2.75, 3.05) is 31.1 Å². The normalized spacial score (nSPS) is 15.2. The molecule has 0 saturated carbocycles. The molecule has 0 unspecified atom stereocenters. The summed E-state index contributed by atoms with van der Waals surface area (Å²) in [5.74, 6) is -0.178. The predicted molar refractivity (Wildman–Crippen MR) is 86.9 cm³/mol. The Bertz CT molecular complexity index is 510. The van der Waals surface area contributed by atoms with Gasteiger partial charge in [-0.15, -0.1) is 24.8 Å². The van der Waals surface area contributed by atoms with Crippen LogP contribution in [0, 0.1) is 5.82 Å². The summed E-state index contributed by atoms with van der Waals surface area (Å²) in [5.41, 5.74) is 1.10. The van der Waals surface area contributed by atoms with Crippen molar-refractivity contribution in [2.45, 2.75) is 6.67 Å². The second-order valence-corrected chi connectivity index (χ2v) is 4.80. The van der Waals surface area contributed by atoms with Gasteiger partial charge in [0.05, 0.1) is 13.0 Å². The summed E-state index contributed by atoms with van der Waals surface area (Å²) < 4.78 is 15.0. The highest BCUT2D eigenvalue weighted by molar-refractivity contribution is 5.85. The topological polar surface area (TPSA) is 24.3 Å². The van der Waals surface area contributed by atoms with Gasteiger partial charge in [-0.2, -0.15) is 0 Å². The van der Waals surface area contributed by atoms with Gasteiger partial charge in [0, 0.05) is 44.3 Å². The molecule has 0 radical (unpaired) electrons. The Morgan fingerprint density at radius 2 is 1.67 bits per heavy atom. The molecule has 2 heterocycles. The van der Waals surface area contributed by atoms with Gasteiger partial charge in [-0.05, 0) is 24.3 Å². The second-order valence-electron chi connectivity index (χ2n) is 4.80. The quantitative estimate of drug-likeness (QED) is 0.863. The molecule has 0 N–H and O–H groups in total. The van der Waals surface area contributed by atoms with Crippen LogP contribution in [0.5, 0.6) is 0 Å². The van der Waals surface area contributed by atoms with Gasteiger partial charge in [-0.25, -0.2) is 9.37 Å². The van der Waals surface area contributed by atoms with E-state index in [-0.39, 0.29) is 30.6 Å². The van der Waals surface area contributed by atoms with E-state index < -0.39 is 0 Å². The molecule has 0 amide bonds. The molecule has 1 aromatic carbocycles. The van der Waals surface area contributed by atoms with Crippen molar-refractivity contribution in [2.24, 2.45) is 0 Å². The van der Waals surface area contributed by atoms with E-state index in [0.29, 0.717) is 0 Å². The number of halogens is 3. The van der Waals surface area contributed by atoms with Crippen LogP contribution in [0.1, 0.15) is 0 Å². The van der Waals surface area contributed by atoms with Crippen LogP contribution in [0.15, 0.2) is 43.0 Å². The van der Waals surface area contributed by atoms with Crippen molar-refractivity contribution in [3.05, 3.63) is 48.8 Å². The van der Waals surface area contributed by atoms with Crippen LogP contribution in [0.25, 0.3) is 0 Å². The smallest absolute Gasteiger partial charge is 0.123 e. The monoisotopic (exact) mass is 332 g/mol. The van der Waals surface area contributed by atoms with Crippen LogP contribution in [-0.2, 0) is 6.67 Å². The lowest BCUT2D eigenvalue weighted by atomic mass is 10.2. The number of piperazine rings is 1.